The van der Waals surface area contributed by atoms with Gasteiger partial charge in [0.25, 0.3) is 0 Å². The Kier molecular flexibility index (Phi) is 8.04. The normalized spacial score (nSPS) is 11.7. The van der Waals surface area contributed by atoms with Crippen molar-refractivity contribution in [3.05, 3.63) is 29.8 Å². The van der Waals surface area contributed by atoms with Gasteiger partial charge in [-0.1, -0.05) is 31.9 Å². The van der Waals surface area contributed by atoms with E-state index in [4.69, 9.17) is 10.5 Å². The number of ether oxygens (including phenoxy) is 1. The molecule has 0 bridgehead atoms. The molecule has 2 nitrogen and oxygen atoms in total. The molecule has 1 atom stereocenters. The summed E-state index contributed by atoms with van der Waals surface area (Å²) in [6.07, 6.45) is 4.47. The molecule has 16 heavy (non-hydrogen) atoms. The summed E-state index contributed by atoms with van der Waals surface area (Å²) in [5.74, 6) is 0.912. The molecule has 0 aromatic heterocycles. The molecule has 1 rings (SSSR count). The topological polar surface area (TPSA) is 35.2 Å². The van der Waals surface area contributed by atoms with Crippen molar-refractivity contribution in [3.63, 3.8) is 0 Å². The fourth-order valence-electron chi connectivity index (χ4n) is 1.67. The highest BCUT2D eigenvalue weighted by Gasteiger charge is 2.04. The second-order valence-corrected chi connectivity index (χ2v) is 3.96. The Balaban J connectivity index is 0.00000225. The van der Waals surface area contributed by atoms with E-state index in [0.717, 1.165) is 18.6 Å². The molecule has 1 aromatic carbocycles. The van der Waals surface area contributed by atoms with E-state index in [9.17, 15) is 0 Å². The summed E-state index contributed by atoms with van der Waals surface area (Å²) in [4.78, 5) is 0. The van der Waals surface area contributed by atoms with E-state index >= 15 is 0 Å². The average Bonchev–Trinajstić information content (AvgIpc) is 2.26. The summed E-state index contributed by atoms with van der Waals surface area (Å²) in [7, 11) is 1.69. The van der Waals surface area contributed by atoms with Gasteiger partial charge in [0.05, 0.1) is 7.11 Å². The van der Waals surface area contributed by atoms with Crippen LogP contribution >= 0.6 is 12.4 Å². The number of benzene rings is 1. The first-order valence-corrected chi connectivity index (χ1v) is 5.64. The van der Waals surface area contributed by atoms with Gasteiger partial charge < -0.3 is 10.5 Å². The van der Waals surface area contributed by atoms with Gasteiger partial charge in [-0.3, -0.25) is 0 Å². The van der Waals surface area contributed by atoms with E-state index in [1.807, 2.05) is 12.1 Å². The van der Waals surface area contributed by atoms with E-state index in [0.29, 0.717) is 0 Å². The number of hydrogen-bond acceptors (Lipinski definition) is 2. The molecule has 2 N–H and O–H groups in total. The van der Waals surface area contributed by atoms with Crippen LogP contribution < -0.4 is 10.5 Å². The summed E-state index contributed by atoms with van der Waals surface area (Å²) in [5.41, 5.74) is 7.30. The van der Waals surface area contributed by atoms with Gasteiger partial charge in [0.1, 0.15) is 5.75 Å². The van der Waals surface area contributed by atoms with Crippen molar-refractivity contribution in [3.8, 4) is 5.75 Å². The quantitative estimate of drug-likeness (QED) is 0.833. The lowest BCUT2D eigenvalue weighted by Gasteiger charge is -2.11. The lowest BCUT2D eigenvalue weighted by atomic mass is 10.0. The monoisotopic (exact) mass is 243 g/mol. The predicted octanol–water partition coefficient (Wildman–Crippen LogP) is 3.18. The van der Waals surface area contributed by atoms with Crippen LogP contribution in [-0.4, -0.2) is 13.2 Å². The minimum absolute atomic E-state index is 0. The molecule has 0 saturated carbocycles. The molecule has 92 valence electrons. The van der Waals surface area contributed by atoms with Crippen molar-refractivity contribution in [2.45, 2.75) is 38.6 Å². The maximum absolute atomic E-state index is 6.04. The molecule has 1 aromatic rings. The van der Waals surface area contributed by atoms with Crippen molar-refractivity contribution in [2.24, 2.45) is 5.73 Å². The summed E-state index contributed by atoms with van der Waals surface area (Å²) in [5, 5.41) is 0. The Bertz CT molecular complexity index is 291. The summed E-state index contributed by atoms with van der Waals surface area (Å²) < 4.78 is 5.18. The van der Waals surface area contributed by atoms with E-state index in [-0.39, 0.29) is 18.4 Å². The molecule has 0 aliphatic carbocycles. The maximum atomic E-state index is 6.04. The first kappa shape index (κ1) is 15.3. The molecule has 0 aliphatic rings. The van der Waals surface area contributed by atoms with Crippen LogP contribution in [0, 0.1) is 0 Å². The molecule has 0 saturated heterocycles. The van der Waals surface area contributed by atoms with Crippen LogP contribution in [0.5, 0.6) is 5.75 Å². The van der Waals surface area contributed by atoms with Gasteiger partial charge in [0, 0.05) is 6.04 Å². The molecule has 0 amide bonds. The highest BCUT2D eigenvalue weighted by Crippen LogP contribution is 2.14. The molecule has 0 spiro atoms. The lowest BCUT2D eigenvalue weighted by Crippen LogP contribution is -2.22. The highest BCUT2D eigenvalue weighted by molar-refractivity contribution is 5.85. The molecule has 0 radical (unpaired) electrons. The van der Waals surface area contributed by atoms with Crippen molar-refractivity contribution >= 4 is 12.4 Å². The zero-order valence-electron chi connectivity index (χ0n) is 10.1. The number of hydrogen-bond donors (Lipinski definition) is 1. The van der Waals surface area contributed by atoms with Crippen LogP contribution in [0.15, 0.2) is 24.3 Å². The fraction of sp³-hybridized carbons (Fsp3) is 0.538. The van der Waals surface area contributed by atoms with Gasteiger partial charge in [-0.05, 0) is 30.5 Å². The number of unbranched alkanes of at least 4 members (excludes halogenated alkanes) is 1. The van der Waals surface area contributed by atoms with Crippen molar-refractivity contribution in [2.75, 3.05) is 7.11 Å². The van der Waals surface area contributed by atoms with Gasteiger partial charge in [0.2, 0.25) is 0 Å². The zero-order chi connectivity index (χ0) is 11.1. The summed E-state index contributed by atoms with van der Waals surface area (Å²) in [6, 6.07) is 8.42. The van der Waals surface area contributed by atoms with E-state index in [2.05, 4.69) is 19.1 Å². The van der Waals surface area contributed by atoms with Crippen LogP contribution in [0.3, 0.4) is 0 Å². The molecule has 0 aliphatic heterocycles. The Hall–Kier alpha value is -0.730. The number of methoxy groups -OCH3 is 1. The van der Waals surface area contributed by atoms with Gasteiger partial charge >= 0.3 is 0 Å². The molecular formula is C13H22ClNO. The van der Waals surface area contributed by atoms with E-state index in [1.54, 1.807) is 7.11 Å². The second kappa shape index (κ2) is 8.43. The fourth-order valence-corrected chi connectivity index (χ4v) is 1.67. The second-order valence-electron chi connectivity index (χ2n) is 3.96. The van der Waals surface area contributed by atoms with Crippen LogP contribution in [0.1, 0.15) is 31.7 Å². The smallest absolute Gasteiger partial charge is 0.119 e. The van der Waals surface area contributed by atoms with Crippen molar-refractivity contribution in [1.82, 2.24) is 0 Å². The van der Waals surface area contributed by atoms with Gasteiger partial charge in [0.15, 0.2) is 0 Å². The molecular weight excluding hydrogens is 222 g/mol. The van der Waals surface area contributed by atoms with E-state index < -0.39 is 0 Å². The Morgan fingerprint density at radius 1 is 1.38 bits per heavy atom. The van der Waals surface area contributed by atoms with Crippen molar-refractivity contribution in [1.29, 1.82) is 0 Å². The van der Waals surface area contributed by atoms with Gasteiger partial charge in [-0.25, -0.2) is 0 Å². The highest BCUT2D eigenvalue weighted by atomic mass is 35.5. The standard InChI is InChI=1S/C13H21NO.ClH/c1-3-4-7-12(14)9-11-6-5-8-13(10-11)15-2;/h5-6,8,10,12H,3-4,7,9,14H2,1-2H3;1H/t12-;/m0./s1. The average molecular weight is 244 g/mol. The third-order valence-corrected chi connectivity index (χ3v) is 2.56. The third kappa shape index (κ3) is 5.38. The molecule has 0 unspecified atom stereocenters. The predicted molar refractivity (Wildman–Crippen MR) is 71.4 cm³/mol. The Morgan fingerprint density at radius 3 is 2.75 bits per heavy atom. The molecule has 0 fully saturated rings. The third-order valence-electron chi connectivity index (χ3n) is 2.56. The Labute approximate surface area is 105 Å². The van der Waals surface area contributed by atoms with E-state index in [1.165, 1.54) is 18.4 Å². The van der Waals surface area contributed by atoms with Crippen LogP contribution in [0.2, 0.25) is 0 Å². The minimum atomic E-state index is 0. The SMILES string of the molecule is CCCC[C@H](N)Cc1cccc(OC)c1.Cl. The summed E-state index contributed by atoms with van der Waals surface area (Å²) >= 11 is 0. The van der Waals surface area contributed by atoms with Crippen LogP contribution in [0.25, 0.3) is 0 Å². The lowest BCUT2D eigenvalue weighted by molar-refractivity contribution is 0.414. The number of rotatable bonds is 6. The number of nitrogens with two attached hydrogens (primary N) is 1. The molecule has 0 heterocycles. The zero-order valence-corrected chi connectivity index (χ0v) is 10.9. The largest absolute Gasteiger partial charge is 0.497 e. The van der Waals surface area contributed by atoms with Crippen LogP contribution in [0.4, 0.5) is 0 Å². The first-order valence-electron chi connectivity index (χ1n) is 5.64. The Morgan fingerprint density at radius 2 is 2.12 bits per heavy atom. The maximum Gasteiger partial charge on any atom is 0.119 e. The van der Waals surface area contributed by atoms with Crippen LogP contribution in [-0.2, 0) is 6.42 Å². The number of halogens is 1. The first-order chi connectivity index (χ1) is 7.26. The summed E-state index contributed by atoms with van der Waals surface area (Å²) in [6.45, 7) is 2.19. The molecule has 3 heteroatoms. The van der Waals surface area contributed by atoms with Gasteiger partial charge in [-0.2, -0.15) is 0 Å². The van der Waals surface area contributed by atoms with Crippen molar-refractivity contribution < 1.29 is 4.74 Å². The van der Waals surface area contributed by atoms with Gasteiger partial charge in [-0.15, -0.1) is 12.4 Å². The minimum Gasteiger partial charge on any atom is -0.497 e.